The number of likely N-dealkylation sites (tertiary alicyclic amines) is 1. The summed E-state index contributed by atoms with van der Waals surface area (Å²) < 4.78 is 31.8. The van der Waals surface area contributed by atoms with E-state index in [-0.39, 0.29) is 23.0 Å². The largest absolute Gasteiger partial charge is 0.468 e. The molecule has 3 N–H and O–H groups in total. The van der Waals surface area contributed by atoms with Crippen molar-refractivity contribution in [1.29, 1.82) is 0 Å². The van der Waals surface area contributed by atoms with E-state index in [0.717, 1.165) is 31.7 Å². The van der Waals surface area contributed by atoms with Crippen LogP contribution in [0.4, 0.5) is 4.79 Å². The Labute approximate surface area is 171 Å². The zero-order valence-electron chi connectivity index (χ0n) is 16.7. The highest BCUT2D eigenvalue weighted by Gasteiger charge is 2.26. The van der Waals surface area contributed by atoms with Gasteiger partial charge >= 0.3 is 6.03 Å². The summed E-state index contributed by atoms with van der Waals surface area (Å²) in [5.74, 6) is 0.838. The van der Waals surface area contributed by atoms with Gasteiger partial charge in [0.1, 0.15) is 5.76 Å². The third kappa shape index (κ3) is 5.37. The first-order chi connectivity index (χ1) is 13.9. The number of rotatable bonds is 8. The Morgan fingerprint density at radius 2 is 1.97 bits per heavy atom. The molecule has 1 saturated heterocycles. The zero-order valence-corrected chi connectivity index (χ0v) is 17.5. The molecule has 1 fully saturated rings. The van der Waals surface area contributed by atoms with Crippen LogP contribution < -0.4 is 15.4 Å². The summed E-state index contributed by atoms with van der Waals surface area (Å²) in [5.41, 5.74) is 0.707. The summed E-state index contributed by atoms with van der Waals surface area (Å²) in [6, 6.07) is 9.65. The smallest absolute Gasteiger partial charge is 0.315 e. The van der Waals surface area contributed by atoms with Crippen molar-refractivity contribution in [1.82, 2.24) is 20.3 Å². The lowest BCUT2D eigenvalue weighted by molar-refractivity contribution is 0.202. The fraction of sp³-hybridized carbons (Fsp3) is 0.450. The van der Waals surface area contributed by atoms with Gasteiger partial charge in [-0.15, -0.1) is 0 Å². The van der Waals surface area contributed by atoms with E-state index in [9.17, 15) is 13.2 Å². The minimum atomic E-state index is -3.53. The van der Waals surface area contributed by atoms with Gasteiger partial charge in [-0.05, 0) is 69.7 Å². The molecular weight excluding hydrogens is 392 g/mol. The van der Waals surface area contributed by atoms with Crippen molar-refractivity contribution in [2.24, 2.45) is 0 Å². The number of carbonyl (C=O) groups is 1. The molecule has 2 aromatic rings. The molecule has 29 heavy (non-hydrogen) atoms. The average Bonchev–Trinajstić information content (AvgIpc) is 3.43. The van der Waals surface area contributed by atoms with E-state index in [4.69, 9.17) is 4.42 Å². The average molecular weight is 421 g/mol. The van der Waals surface area contributed by atoms with Crippen LogP contribution in [0, 0.1) is 0 Å². The van der Waals surface area contributed by atoms with Crippen LogP contribution in [-0.4, -0.2) is 46.0 Å². The summed E-state index contributed by atoms with van der Waals surface area (Å²) >= 11 is 0. The van der Waals surface area contributed by atoms with Crippen molar-refractivity contribution in [2.75, 3.05) is 26.7 Å². The van der Waals surface area contributed by atoms with E-state index in [1.807, 2.05) is 19.1 Å². The maximum absolute atomic E-state index is 12.5. The highest BCUT2D eigenvalue weighted by molar-refractivity contribution is 7.89. The fourth-order valence-corrected chi connectivity index (χ4v) is 4.32. The van der Waals surface area contributed by atoms with Crippen LogP contribution in [0.15, 0.2) is 52.0 Å². The standard InChI is InChI=1S/C20H28N4O4S/c1-15(16-7-5-8-17(13-16)29(26,27)21-2)23-20(25)22-14-18(19-9-6-12-28-19)24-10-3-4-11-24/h5-9,12-13,15,18,21H,3-4,10-11,14H2,1-2H3,(H2,22,23,25). The molecule has 3 rings (SSSR count). The topological polar surface area (TPSA) is 104 Å². The molecule has 0 radical (unpaired) electrons. The van der Waals surface area contributed by atoms with E-state index >= 15 is 0 Å². The molecular formula is C20H28N4O4S. The third-order valence-electron chi connectivity index (χ3n) is 5.19. The van der Waals surface area contributed by atoms with Gasteiger partial charge in [-0.2, -0.15) is 0 Å². The van der Waals surface area contributed by atoms with E-state index < -0.39 is 10.0 Å². The van der Waals surface area contributed by atoms with E-state index in [2.05, 4.69) is 20.3 Å². The number of hydrogen-bond acceptors (Lipinski definition) is 5. The summed E-state index contributed by atoms with van der Waals surface area (Å²) in [6.45, 7) is 4.21. The van der Waals surface area contributed by atoms with Gasteiger partial charge in [0.25, 0.3) is 0 Å². The number of nitrogens with one attached hydrogen (secondary N) is 3. The van der Waals surface area contributed by atoms with Crippen molar-refractivity contribution in [3.05, 3.63) is 54.0 Å². The van der Waals surface area contributed by atoms with Gasteiger partial charge in [-0.3, -0.25) is 4.90 Å². The van der Waals surface area contributed by atoms with Crippen LogP contribution in [-0.2, 0) is 10.0 Å². The van der Waals surface area contributed by atoms with E-state index in [1.54, 1.807) is 24.5 Å². The molecule has 158 valence electrons. The zero-order chi connectivity index (χ0) is 20.9. The Hall–Kier alpha value is -2.36. The number of nitrogens with zero attached hydrogens (tertiary/aromatic N) is 1. The summed E-state index contributed by atoms with van der Waals surface area (Å²) in [7, 11) is -2.17. The summed E-state index contributed by atoms with van der Waals surface area (Å²) in [5, 5.41) is 5.79. The Bertz CT molecular complexity index is 908. The number of amides is 2. The van der Waals surface area contributed by atoms with Crippen molar-refractivity contribution in [3.8, 4) is 0 Å². The monoisotopic (exact) mass is 420 g/mol. The predicted octanol–water partition coefficient (Wildman–Crippen LogP) is 2.38. The van der Waals surface area contributed by atoms with Crippen LogP contribution in [0.2, 0.25) is 0 Å². The number of sulfonamides is 1. The third-order valence-corrected chi connectivity index (χ3v) is 6.61. The van der Waals surface area contributed by atoms with Crippen molar-refractivity contribution in [2.45, 2.75) is 36.7 Å². The van der Waals surface area contributed by atoms with Gasteiger partial charge in [0.15, 0.2) is 0 Å². The molecule has 0 saturated carbocycles. The van der Waals surface area contributed by atoms with E-state index in [0.29, 0.717) is 12.1 Å². The molecule has 9 heteroatoms. The lowest BCUT2D eigenvalue weighted by Gasteiger charge is -2.26. The number of urea groups is 1. The molecule has 2 amide bonds. The summed E-state index contributed by atoms with van der Waals surface area (Å²) in [6.07, 6.45) is 3.94. The first-order valence-corrected chi connectivity index (χ1v) is 11.2. The molecule has 0 aliphatic carbocycles. The van der Waals surface area contributed by atoms with Gasteiger partial charge in [-0.1, -0.05) is 12.1 Å². The second-order valence-electron chi connectivity index (χ2n) is 7.13. The number of hydrogen-bond donors (Lipinski definition) is 3. The molecule has 0 bridgehead atoms. The molecule has 2 unspecified atom stereocenters. The number of furan rings is 1. The predicted molar refractivity (Wildman–Crippen MR) is 110 cm³/mol. The minimum Gasteiger partial charge on any atom is -0.468 e. The Kier molecular flexibility index (Phi) is 6.94. The summed E-state index contributed by atoms with van der Waals surface area (Å²) in [4.78, 5) is 14.9. The van der Waals surface area contributed by atoms with Crippen molar-refractivity contribution < 1.29 is 17.6 Å². The second-order valence-corrected chi connectivity index (χ2v) is 9.02. The Morgan fingerprint density at radius 3 is 2.62 bits per heavy atom. The van der Waals surface area contributed by atoms with Crippen LogP contribution in [0.1, 0.15) is 43.2 Å². The lowest BCUT2D eigenvalue weighted by Crippen LogP contribution is -2.42. The van der Waals surface area contributed by atoms with Gasteiger partial charge in [0.2, 0.25) is 10.0 Å². The van der Waals surface area contributed by atoms with Crippen LogP contribution in [0.3, 0.4) is 0 Å². The molecule has 1 aliphatic rings. The number of carbonyl (C=O) groups excluding carboxylic acids is 1. The second kappa shape index (κ2) is 9.43. The first kappa shape index (κ1) is 21.4. The quantitative estimate of drug-likeness (QED) is 0.608. The molecule has 0 spiro atoms. The Morgan fingerprint density at radius 1 is 1.21 bits per heavy atom. The molecule has 2 heterocycles. The minimum absolute atomic E-state index is 0.00217. The lowest BCUT2D eigenvalue weighted by atomic mass is 10.1. The molecule has 1 aromatic carbocycles. The Balaban J connectivity index is 1.60. The van der Waals surface area contributed by atoms with Gasteiger partial charge < -0.3 is 15.1 Å². The fourth-order valence-electron chi connectivity index (χ4n) is 3.53. The SMILES string of the molecule is CNS(=O)(=O)c1cccc(C(C)NC(=O)NCC(c2ccco2)N2CCCC2)c1. The van der Waals surface area contributed by atoms with Gasteiger partial charge in [-0.25, -0.2) is 17.9 Å². The highest BCUT2D eigenvalue weighted by atomic mass is 32.2. The maximum atomic E-state index is 12.5. The van der Waals surface area contributed by atoms with Crippen LogP contribution in [0.25, 0.3) is 0 Å². The normalized spacial score (nSPS) is 17.0. The van der Waals surface area contributed by atoms with Gasteiger partial charge in [0.05, 0.1) is 23.2 Å². The molecule has 1 aliphatic heterocycles. The van der Waals surface area contributed by atoms with Crippen molar-refractivity contribution >= 4 is 16.1 Å². The van der Waals surface area contributed by atoms with Crippen LogP contribution >= 0.6 is 0 Å². The molecule has 1 aromatic heterocycles. The molecule has 8 nitrogen and oxygen atoms in total. The van der Waals surface area contributed by atoms with Crippen molar-refractivity contribution in [3.63, 3.8) is 0 Å². The van der Waals surface area contributed by atoms with E-state index in [1.165, 1.54) is 13.1 Å². The first-order valence-electron chi connectivity index (χ1n) is 9.76. The maximum Gasteiger partial charge on any atom is 0.315 e. The van der Waals surface area contributed by atoms with Crippen LogP contribution in [0.5, 0.6) is 0 Å². The molecule has 2 atom stereocenters. The number of benzene rings is 1. The van der Waals surface area contributed by atoms with Gasteiger partial charge in [0, 0.05) is 6.54 Å². The highest BCUT2D eigenvalue weighted by Crippen LogP contribution is 2.25.